The average molecular weight is 360 g/mol. The lowest BCUT2D eigenvalue weighted by Gasteiger charge is -2.06. The number of alkyl halides is 3. The Balaban J connectivity index is 2.05. The molecule has 0 bridgehead atoms. The summed E-state index contributed by atoms with van der Waals surface area (Å²) in [5.41, 5.74) is 1.89. The second kappa shape index (κ2) is 7.03. The summed E-state index contributed by atoms with van der Waals surface area (Å²) in [5.74, 6) is -0.506. The molecule has 0 aliphatic heterocycles. The van der Waals surface area contributed by atoms with Gasteiger partial charge in [0.25, 0.3) is 0 Å². The first-order chi connectivity index (χ1) is 12.4. The quantitative estimate of drug-likeness (QED) is 0.671. The van der Waals surface area contributed by atoms with Gasteiger partial charge < -0.3 is 9.72 Å². The molecule has 1 N–H and O–H groups in total. The zero-order valence-corrected chi connectivity index (χ0v) is 13.8. The van der Waals surface area contributed by atoms with E-state index in [0.29, 0.717) is 22.5 Å². The van der Waals surface area contributed by atoms with Crippen LogP contribution in [0.3, 0.4) is 0 Å². The smallest absolute Gasteiger partial charge is 0.416 e. The molecule has 0 atom stereocenters. The fourth-order valence-corrected chi connectivity index (χ4v) is 2.56. The predicted octanol–water partition coefficient (Wildman–Crippen LogP) is 4.94. The number of pyridine rings is 1. The van der Waals surface area contributed by atoms with Crippen LogP contribution in [0.5, 0.6) is 0 Å². The van der Waals surface area contributed by atoms with Crippen LogP contribution in [0.2, 0.25) is 0 Å². The highest BCUT2D eigenvalue weighted by Gasteiger charge is 2.30. The van der Waals surface area contributed by atoms with Crippen LogP contribution in [0, 0.1) is 0 Å². The number of esters is 1. The lowest BCUT2D eigenvalue weighted by Crippen LogP contribution is -2.04. The maximum Gasteiger partial charge on any atom is 0.416 e. The van der Waals surface area contributed by atoms with Crippen LogP contribution in [-0.2, 0) is 10.9 Å². The first kappa shape index (κ1) is 17.7. The number of halogens is 3. The number of carbonyl (C=O) groups is 1. The molecule has 0 spiro atoms. The average Bonchev–Trinajstić information content (AvgIpc) is 3.07. The van der Waals surface area contributed by atoms with Crippen LogP contribution in [0.1, 0.15) is 22.8 Å². The number of nitrogens with one attached hydrogen (secondary N) is 1. The van der Waals surface area contributed by atoms with Crippen molar-refractivity contribution < 1.29 is 22.7 Å². The van der Waals surface area contributed by atoms with Gasteiger partial charge >= 0.3 is 12.1 Å². The van der Waals surface area contributed by atoms with Crippen molar-refractivity contribution in [3.8, 4) is 22.5 Å². The third kappa shape index (κ3) is 3.61. The second-order valence-electron chi connectivity index (χ2n) is 5.50. The number of ether oxygens (including phenoxy) is 1. The predicted molar refractivity (Wildman–Crippen MR) is 90.4 cm³/mol. The van der Waals surface area contributed by atoms with Crippen LogP contribution in [-0.4, -0.2) is 22.5 Å². The molecule has 26 heavy (non-hydrogen) atoms. The fourth-order valence-electron chi connectivity index (χ4n) is 2.56. The van der Waals surface area contributed by atoms with E-state index in [1.165, 1.54) is 12.1 Å². The molecular formula is C19H15F3N2O2. The van der Waals surface area contributed by atoms with E-state index in [0.717, 1.165) is 17.7 Å². The Morgan fingerprint density at radius 1 is 1.08 bits per heavy atom. The molecule has 134 valence electrons. The number of aromatic amines is 1. The highest BCUT2D eigenvalue weighted by molar-refractivity contribution is 5.98. The number of hydrogen-bond donors (Lipinski definition) is 1. The van der Waals surface area contributed by atoms with Gasteiger partial charge in [-0.15, -0.1) is 0 Å². The van der Waals surface area contributed by atoms with Crippen molar-refractivity contribution in [3.63, 3.8) is 0 Å². The molecule has 3 aromatic rings. The fraction of sp³-hybridized carbons (Fsp3) is 0.158. The van der Waals surface area contributed by atoms with Gasteiger partial charge in [0.2, 0.25) is 0 Å². The third-order valence-electron chi connectivity index (χ3n) is 3.81. The normalized spacial score (nSPS) is 11.4. The Morgan fingerprint density at radius 2 is 1.73 bits per heavy atom. The van der Waals surface area contributed by atoms with Crippen molar-refractivity contribution >= 4 is 5.97 Å². The van der Waals surface area contributed by atoms with Crippen molar-refractivity contribution in [3.05, 3.63) is 66.0 Å². The van der Waals surface area contributed by atoms with Gasteiger partial charge in [0.15, 0.2) is 0 Å². The molecule has 2 aromatic heterocycles. The van der Waals surface area contributed by atoms with Crippen LogP contribution < -0.4 is 0 Å². The highest BCUT2D eigenvalue weighted by Crippen LogP contribution is 2.33. The summed E-state index contributed by atoms with van der Waals surface area (Å²) >= 11 is 0. The summed E-state index contributed by atoms with van der Waals surface area (Å²) in [6, 6.07) is 9.77. The van der Waals surface area contributed by atoms with E-state index in [1.807, 2.05) is 0 Å². The zero-order valence-electron chi connectivity index (χ0n) is 13.8. The van der Waals surface area contributed by atoms with Crippen LogP contribution in [0.4, 0.5) is 13.2 Å². The Morgan fingerprint density at radius 3 is 2.31 bits per heavy atom. The van der Waals surface area contributed by atoms with Gasteiger partial charge in [-0.1, -0.05) is 12.1 Å². The van der Waals surface area contributed by atoms with Crippen molar-refractivity contribution in [2.75, 3.05) is 6.61 Å². The molecule has 0 saturated carbocycles. The molecule has 3 rings (SSSR count). The van der Waals surface area contributed by atoms with E-state index in [1.54, 1.807) is 37.5 Å². The summed E-state index contributed by atoms with van der Waals surface area (Å²) in [4.78, 5) is 19.3. The van der Waals surface area contributed by atoms with Gasteiger partial charge in [0.1, 0.15) is 0 Å². The molecule has 4 nitrogen and oxygen atoms in total. The van der Waals surface area contributed by atoms with E-state index in [2.05, 4.69) is 9.97 Å². The molecule has 1 aromatic carbocycles. The molecule has 2 heterocycles. The summed E-state index contributed by atoms with van der Waals surface area (Å²) in [5, 5.41) is 0. The Bertz CT molecular complexity index is 901. The molecule has 7 heteroatoms. The van der Waals surface area contributed by atoms with Crippen molar-refractivity contribution in [2.24, 2.45) is 0 Å². The molecule has 0 saturated heterocycles. The third-order valence-corrected chi connectivity index (χ3v) is 3.81. The minimum Gasteiger partial charge on any atom is -0.462 e. The Hall–Kier alpha value is -3.09. The highest BCUT2D eigenvalue weighted by atomic mass is 19.4. The first-order valence-electron chi connectivity index (χ1n) is 7.88. The van der Waals surface area contributed by atoms with Crippen LogP contribution in [0.15, 0.2) is 54.9 Å². The van der Waals surface area contributed by atoms with Crippen molar-refractivity contribution in [1.29, 1.82) is 0 Å². The van der Waals surface area contributed by atoms with Gasteiger partial charge in [-0.2, -0.15) is 13.2 Å². The lowest BCUT2D eigenvalue weighted by atomic mass is 10.1. The van der Waals surface area contributed by atoms with Gasteiger partial charge in [0.05, 0.1) is 23.4 Å². The number of aromatic nitrogens is 2. The molecule has 0 fully saturated rings. The summed E-state index contributed by atoms with van der Waals surface area (Å²) in [6.45, 7) is 1.92. The number of carbonyl (C=O) groups excluding carboxylic acids is 1. The van der Waals surface area contributed by atoms with Gasteiger partial charge in [-0.3, -0.25) is 4.98 Å². The van der Waals surface area contributed by atoms with Crippen molar-refractivity contribution in [1.82, 2.24) is 9.97 Å². The Labute approximate surface area is 147 Å². The summed E-state index contributed by atoms with van der Waals surface area (Å²) in [6.07, 6.45) is -1.22. The number of hydrogen-bond acceptors (Lipinski definition) is 3. The number of H-pyrrole nitrogens is 1. The van der Waals surface area contributed by atoms with E-state index >= 15 is 0 Å². The van der Waals surface area contributed by atoms with E-state index in [-0.39, 0.29) is 6.61 Å². The monoisotopic (exact) mass is 360 g/mol. The first-order valence-corrected chi connectivity index (χ1v) is 7.88. The van der Waals surface area contributed by atoms with E-state index in [9.17, 15) is 18.0 Å². The molecule has 0 amide bonds. The molecule has 0 aliphatic carbocycles. The number of nitrogens with zero attached hydrogens (tertiary/aromatic N) is 1. The molecule has 0 unspecified atom stereocenters. The van der Waals surface area contributed by atoms with E-state index < -0.39 is 17.7 Å². The van der Waals surface area contributed by atoms with E-state index in [4.69, 9.17) is 4.74 Å². The SMILES string of the molecule is CCOC(=O)c1cc(-c2ccc(C(F)(F)F)cc2)[nH]c1-c1ccncc1. The lowest BCUT2D eigenvalue weighted by molar-refractivity contribution is -0.137. The van der Waals surface area contributed by atoms with Gasteiger partial charge in [0, 0.05) is 23.7 Å². The minimum absolute atomic E-state index is 0.218. The van der Waals surface area contributed by atoms with Crippen LogP contribution in [0.25, 0.3) is 22.5 Å². The standard InChI is InChI=1S/C19H15F3N2O2/c1-2-26-18(25)15-11-16(24-17(15)13-7-9-23-10-8-13)12-3-5-14(6-4-12)19(20,21)22/h3-11,24H,2H2,1H3. The largest absolute Gasteiger partial charge is 0.462 e. The van der Waals surface area contributed by atoms with Crippen molar-refractivity contribution in [2.45, 2.75) is 13.1 Å². The van der Waals surface area contributed by atoms with Gasteiger partial charge in [-0.05, 0) is 42.8 Å². The topological polar surface area (TPSA) is 55.0 Å². The maximum absolute atomic E-state index is 12.7. The summed E-state index contributed by atoms with van der Waals surface area (Å²) < 4.78 is 43.3. The zero-order chi connectivity index (χ0) is 18.7. The van der Waals surface area contributed by atoms with Gasteiger partial charge in [-0.25, -0.2) is 4.79 Å². The second-order valence-corrected chi connectivity index (χ2v) is 5.50. The molecule has 0 radical (unpaired) electrons. The number of rotatable bonds is 4. The summed E-state index contributed by atoms with van der Waals surface area (Å²) in [7, 11) is 0. The Kier molecular flexibility index (Phi) is 4.79. The molecular weight excluding hydrogens is 345 g/mol. The maximum atomic E-state index is 12.7. The molecule has 0 aliphatic rings. The van der Waals surface area contributed by atoms with Crippen LogP contribution >= 0.6 is 0 Å². The minimum atomic E-state index is -4.40. The number of benzene rings is 1.